The molecule has 0 bridgehead atoms. The Hall–Kier alpha value is 0.440. The lowest BCUT2D eigenvalue weighted by Gasteiger charge is -2.30. The number of rotatable bonds is 1. The minimum absolute atomic E-state index is 0.345. The Balaban J connectivity index is 2.63. The first-order valence-corrected chi connectivity index (χ1v) is 5.19. The second-order valence-electron chi connectivity index (χ2n) is 4.04. The zero-order valence-electron chi connectivity index (χ0n) is 7.89. The number of alkyl halides is 1. The fraction of sp³-hybridized carbons (Fsp3) is 1.00. The fourth-order valence-electron chi connectivity index (χ4n) is 1.80. The first kappa shape index (κ1) is 9.53. The van der Waals surface area contributed by atoms with E-state index >= 15 is 0 Å². The lowest BCUT2D eigenvalue weighted by atomic mass is 10.0. The average Bonchev–Trinajstić information content (AvgIpc) is 2.09. The molecule has 0 aromatic carbocycles. The SMILES string of the molecule is CC(C)N1CC[C@@](C)(Br)[C@H]1C. The highest BCUT2D eigenvalue weighted by Crippen LogP contribution is 2.36. The van der Waals surface area contributed by atoms with Gasteiger partial charge < -0.3 is 0 Å². The van der Waals surface area contributed by atoms with Crippen molar-refractivity contribution in [2.24, 2.45) is 0 Å². The molecular weight excluding hydrogens is 202 g/mol. The van der Waals surface area contributed by atoms with E-state index in [-0.39, 0.29) is 0 Å². The van der Waals surface area contributed by atoms with Crippen LogP contribution in [-0.4, -0.2) is 27.9 Å². The van der Waals surface area contributed by atoms with Gasteiger partial charge in [-0.2, -0.15) is 0 Å². The van der Waals surface area contributed by atoms with Crippen molar-refractivity contribution in [2.75, 3.05) is 6.54 Å². The third-order valence-corrected chi connectivity index (χ3v) is 3.95. The quantitative estimate of drug-likeness (QED) is 0.614. The summed E-state index contributed by atoms with van der Waals surface area (Å²) >= 11 is 3.77. The van der Waals surface area contributed by atoms with Crippen LogP contribution in [0.2, 0.25) is 0 Å². The van der Waals surface area contributed by atoms with Crippen LogP contribution in [0.3, 0.4) is 0 Å². The van der Waals surface area contributed by atoms with E-state index in [1.165, 1.54) is 13.0 Å². The molecule has 1 rings (SSSR count). The number of hydrogen-bond donors (Lipinski definition) is 0. The Morgan fingerprint density at radius 3 is 2.27 bits per heavy atom. The van der Waals surface area contributed by atoms with Crippen molar-refractivity contribution in [1.29, 1.82) is 0 Å². The van der Waals surface area contributed by atoms with Crippen LogP contribution in [-0.2, 0) is 0 Å². The fourth-order valence-corrected chi connectivity index (χ4v) is 2.24. The molecule has 0 saturated carbocycles. The first-order chi connectivity index (χ1) is 4.95. The van der Waals surface area contributed by atoms with Crippen molar-refractivity contribution in [1.82, 2.24) is 4.90 Å². The zero-order valence-corrected chi connectivity index (χ0v) is 9.48. The van der Waals surface area contributed by atoms with Crippen LogP contribution < -0.4 is 0 Å². The van der Waals surface area contributed by atoms with Crippen LogP contribution in [0.4, 0.5) is 0 Å². The zero-order chi connectivity index (χ0) is 8.65. The molecule has 1 fully saturated rings. The predicted molar refractivity (Wildman–Crippen MR) is 53.3 cm³/mol. The summed E-state index contributed by atoms with van der Waals surface area (Å²) in [5.74, 6) is 0. The molecule has 2 heteroatoms. The second kappa shape index (κ2) is 3.06. The third kappa shape index (κ3) is 1.78. The van der Waals surface area contributed by atoms with Crippen molar-refractivity contribution >= 4 is 15.9 Å². The van der Waals surface area contributed by atoms with Crippen LogP contribution in [0.15, 0.2) is 0 Å². The van der Waals surface area contributed by atoms with Gasteiger partial charge in [-0.15, -0.1) is 0 Å². The van der Waals surface area contributed by atoms with E-state index in [2.05, 4.69) is 48.5 Å². The molecule has 0 amide bonds. The number of hydrogen-bond acceptors (Lipinski definition) is 1. The highest BCUT2D eigenvalue weighted by molar-refractivity contribution is 9.10. The van der Waals surface area contributed by atoms with Crippen molar-refractivity contribution in [3.8, 4) is 0 Å². The monoisotopic (exact) mass is 219 g/mol. The summed E-state index contributed by atoms with van der Waals surface area (Å²) in [5, 5.41) is 0. The molecule has 1 heterocycles. The van der Waals surface area contributed by atoms with Gasteiger partial charge in [-0.1, -0.05) is 15.9 Å². The standard InChI is InChI=1S/C9H18BrN/c1-7(2)11-6-5-9(4,10)8(11)3/h7-8H,5-6H2,1-4H3/t8-,9-/m1/s1. The molecule has 1 saturated heterocycles. The Kier molecular flexibility index (Phi) is 2.65. The molecule has 66 valence electrons. The van der Waals surface area contributed by atoms with E-state index in [4.69, 9.17) is 0 Å². The van der Waals surface area contributed by atoms with E-state index < -0.39 is 0 Å². The van der Waals surface area contributed by atoms with Crippen molar-refractivity contribution < 1.29 is 0 Å². The summed E-state index contributed by atoms with van der Waals surface area (Å²) in [6.07, 6.45) is 1.27. The van der Waals surface area contributed by atoms with Crippen molar-refractivity contribution in [3.63, 3.8) is 0 Å². The van der Waals surface area contributed by atoms with Gasteiger partial charge in [0.2, 0.25) is 0 Å². The van der Waals surface area contributed by atoms with Crippen LogP contribution in [0.5, 0.6) is 0 Å². The van der Waals surface area contributed by atoms with E-state index in [1.54, 1.807) is 0 Å². The lowest BCUT2D eigenvalue weighted by molar-refractivity contribution is 0.207. The molecule has 0 aromatic heterocycles. The summed E-state index contributed by atoms with van der Waals surface area (Å²) in [6.45, 7) is 10.4. The second-order valence-corrected chi connectivity index (χ2v) is 5.85. The van der Waals surface area contributed by atoms with Gasteiger partial charge in [0.25, 0.3) is 0 Å². The summed E-state index contributed by atoms with van der Waals surface area (Å²) in [4.78, 5) is 2.55. The predicted octanol–water partition coefficient (Wildman–Crippen LogP) is 2.64. The van der Waals surface area contributed by atoms with Gasteiger partial charge in [0, 0.05) is 23.0 Å². The van der Waals surface area contributed by atoms with E-state index in [1.807, 2.05) is 0 Å². The molecule has 0 aromatic rings. The van der Waals surface area contributed by atoms with Crippen LogP contribution in [0.25, 0.3) is 0 Å². The summed E-state index contributed by atoms with van der Waals surface area (Å²) < 4.78 is 0.345. The van der Waals surface area contributed by atoms with Crippen molar-refractivity contribution in [3.05, 3.63) is 0 Å². The molecule has 0 radical (unpaired) electrons. The Bertz CT molecular complexity index is 142. The topological polar surface area (TPSA) is 3.24 Å². The first-order valence-electron chi connectivity index (χ1n) is 4.40. The Morgan fingerprint density at radius 2 is 2.09 bits per heavy atom. The maximum absolute atomic E-state index is 3.77. The molecule has 2 atom stereocenters. The minimum Gasteiger partial charge on any atom is -0.297 e. The Labute approximate surface area is 78.3 Å². The van der Waals surface area contributed by atoms with Gasteiger partial charge in [0.1, 0.15) is 0 Å². The third-order valence-electron chi connectivity index (χ3n) is 2.89. The van der Waals surface area contributed by atoms with Crippen molar-refractivity contribution in [2.45, 2.75) is 50.5 Å². The summed E-state index contributed by atoms with van der Waals surface area (Å²) in [6, 6.07) is 1.35. The molecular formula is C9H18BrN. The van der Waals surface area contributed by atoms with Crippen LogP contribution >= 0.6 is 15.9 Å². The molecule has 1 aliphatic heterocycles. The smallest absolute Gasteiger partial charge is 0.0394 e. The molecule has 0 aliphatic carbocycles. The van der Waals surface area contributed by atoms with Crippen LogP contribution in [0, 0.1) is 0 Å². The molecule has 0 unspecified atom stereocenters. The largest absolute Gasteiger partial charge is 0.297 e. The molecule has 1 nitrogen and oxygen atoms in total. The highest BCUT2D eigenvalue weighted by atomic mass is 79.9. The minimum atomic E-state index is 0.345. The van der Waals surface area contributed by atoms with E-state index in [9.17, 15) is 0 Å². The Morgan fingerprint density at radius 1 is 1.55 bits per heavy atom. The molecule has 0 N–H and O–H groups in total. The highest BCUT2D eigenvalue weighted by Gasteiger charge is 2.39. The maximum Gasteiger partial charge on any atom is 0.0394 e. The van der Waals surface area contributed by atoms with Gasteiger partial charge in [-0.3, -0.25) is 4.90 Å². The molecule has 11 heavy (non-hydrogen) atoms. The van der Waals surface area contributed by atoms with Gasteiger partial charge in [0.15, 0.2) is 0 Å². The lowest BCUT2D eigenvalue weighted by Crippen LogP contribution is -2.39. The summed E-state index contributed by atoms with van der Waals surface area (Å²) in [5.41, 5.74) is 0. The maximum atomic E-state index is 3.77. The van der Waals surface area contributed by atoms with Gasteiger partial charge in [-0.05, 0) is 34.1 Å². The van der Waals surface area contributed by atoms with E-state index in [0.717, 1.165) is 0 Å². The van der Waals surface area contributed by atoms with Gasteiger partial charge >= 0.3 is 0 Å². The van der Waals surface area contributed by atoms with Gasteiger partial charge in [-0.25, -0.2) is 0 Å². The number of likely N-dealkylation sites (tertiary alicyclic amines) is 1. The molecule has 0 spiro atoms. The van der Waals surface area contributed by atoms with Gasteiger partial charge in [0.05, 0.1) is 0 Å². The number of nitrogens with zero attached hydrogens (tertiary/aromatic N) is 1. The normalized spacial score (nSPS) is 40.4. The van der Waals surface area contributed by atoms with E-state index in [0.29, 0.717) is 16.4 Å². The molecule has 1 aliphatic rings. The average molecular weight is 220 g/mol. The number of halogens is 1. The summed E-state index contributed by atoms with van der Waals surface area (Å²) in [7, 11) is 0. The van der Waals surface area contributed by atoms with Crippen LogP contribution in [0.1, 0.15) is 34.1 Å².